The molecular formula is C28H62N4O18. The molecule has 0 aromatic heterocycles. The molecule has 0 saturated heterocycles. The van der Waals surface area contributed by atoms with Crippen LogP contribution in [-0.4, -0.2) is 215 Å². The normalized spacial score (nSPS) is 20.9. The van der Waals surface area contributed by atoms with Gasteiger partial charge in [-0.3, -0.25) is 14.5 Å². The highest BCUT2D eigenvalue weighted by molar-refractivity contribution is 4.85. The molecule has 12 atom stereocenters. The second-order valence-corrected chi connectivity index (χ2v) is 12.2. The van der Waals surface area contributed by atoms with E-state index >= 15 is 0 Å². The summed E-state index contributed by atoms with van der Waals surface area (Å²) in [5.41, 5.74) is 13.8. The fourth-order valence-corrected chi connectivity index (χ4v) is 4.55. The van der Waals surface area contributed by atoms with Crippen LogP contribution in [0.4, 0.5) is 0 Å². The molecule has 50 heavy (non-hydrogen) atoms. The van der Waals surface area contributed by atoms with Gasteiger partial charge in [0.25, 0.3) is 0 Å². The zero-order valence-electron chi connectivity index (χ0n) is 28.0. The molecule has 0 bridgehead atoms. The van der Waals surface area contributed by atoms with E-state index in [2.05, 4.69) is 16.4 Å². The number of aliphatic hydroxyl groups is 15. The summed E-state index contributed by atoms with van der Waals surface area (Å²) in [5, 5.41) is 143. The van der Waals surface area contributed by atoms with Crippen molar-refractivity contribution in [3.8, 4) is 0 Å². The van der Waals surface area contributed by atoms with Crippen LogP contribution in [0.3, 0.4) is 0 Å². The quantitative estimate of drug-likeness (QED) is 0.0219. The molecule has 0 aliphatic rings. The Morgan fingerprint density at radius 2 is 0.620 bits per heavy atom. The van der Waals surface area contributed by atoms with Crippen LogP contribution in [0.25, 0.3) is 0 Å². The van der Waals surface area contributed by atoms with Crippen LogP contribution in [0.2, 0.25) is 0 Å². The minimum atomic E-state index is -1.79. The van der Waals surface area contributed by atoms with Gasteiger partial charge in [-0.1, -0.05) is 0 Å². The van der Waals surface area contributed by atoms with Gasteiger partial charge in [0.15, 0.2) is 0 Å². The predicted molar refractivity (Wildman–Crippen MR) is 170 cm³/mol. The first-order valence-corrected chi connectivity index (χ1v) is 16.4. The van der Waals surface area contributed by atoms with Gasteiger partial charge in [0, 0.05) is 25.2 Å². The molecule has 0 fully saturated rings. The SMILES string of the molecule is NC(CCCNOCC(O)C(O)C(O)C(O)CO)(CCCNOCC(O)C(O)C(O)C(O)CO)CCCNOCC(O)C(O)C(O)C(O)CO. The molecule has 0 aliphatic heterocycles. The van der Waals surface area contributed by atoms with Gasteiger partial charge >= 0.3 is 0 Å². The highest BCUT2D eigenvalue weighted by Crippen LogP contribution is 2.22. The van der Waals surface area contributed by atoms with Crippen molar-refractivity contribution in [3.05, 3.63) is 0 Å². The molecule has 0 spiro atoms. The van der Waals surface area contributed by atoms with Crippen molar-refractivity contribution in [2.24, 2.45) is 5.73 Å². The van der Waals surface area contributed by atoms with E-state index in [1.54, 1.807) is 0 Å². The lowest BCUT2D eigenvalue weighted by molar-refractivity contribution is -0.137. The van der Waals surface area contributed by atoms with Gasteiger partial charge in [0.1, 0.15) is 73.2 Å². The van der Waals surface area contributed by atoms with Gasteiger partial charge in [-0.05, 0) is 38.5 Å². The van der Waals surface area contributed by atoms with Crippen LogP contribution in [0.1, 0.15) is 38.5 Å². The zero-order chi connectivity index (χ0) is 38.3. The average Bonchev–Trinajstić information content (AvgIpc) is 3.12. The summed E-state index contributed by atoms with van der Waals surface area (Å²) in [5.74, 6) is 0. The number of rotatable bonds is 33. The standard InChI is InChI=1S/C28H62N4O18/c29-28(4-1-7-30-48-13-19(39)25(45)22(42)16(36)10-33,5-2-8-31-49-14-20(40)26(46)23(43)17(37)11-34)6-3-9-32-50-15-21(41)27(47)24(44)18(38)12-35/h16-27,30-47H,1-15,29H2. The number of nitrogens with two attached hydrogens (primary N) is 1. The Labute approximate surface area is 290 Å². The first-order chi connectivity index (χ1) is 23.6. The molecule has 22 nitrogen and oxygen atoms in total. The summed E-state index contributed by atoms with van der Waals surface area (Å²) in [6, 6.07) is 0. The summed E-state index contributed by atoms with van der Waals surface area (Å²) >= 11 is 0. The Hall–Kier alpha value is -0.880. The first-order valence-electron chi connectivity index (χ1n) is 16.4. The number of nitrogens with one attached hydrogen (secondary N) is 3. The van der Waals surface area contributed by atoms with E-state index in [1.165, 1.54) is 0 Å². The monoisotopic (exact) mass is 742 g/mol. The number of aliphatic hydroxyl groups excluding tert-OH is 15. The lowest BCUT2D eigenvalue weighted by Gasteiger charge is -2.30. The van der Waals surface area contributed by atoms with Crippen LogP contribution in [0, 0.1) is 0 Å². The molecule has 302 valence electrons. The number of hydrogen-bond donors (Lipinski definition) is 19. The molecular weight excluding hydrogens is 680 g/mol. The van der Waals surface area contributed by atoms with Gasteiger partial charge in [0.2, 0.25) is 0 Å². The maximum atomic E-state index is 9.93. The first kappa shape index (κ1) is 49.1. The van der Waals surface area contributed by atoms with Crippen molar-refractivity contribution in [3.63, 3.8) is 0 Å². The van der Waals surface area contributed by atoms with Crippen molar-refractivity contribution < 1.29 is 91.1 Å². The highest BCUT2D eigenvalue weighted by atomic mass is 16.7. The molecule has 12 unspecified atom stereocenters. The number of hydroxylamine groups is 3. The summed E-state index contributed by atoms with van der Waals surface area (Å²) in [6.07, 6.45) is -17.5. The van der Waals surface area contributed by atoms with Crippen molar-refractivity contribution in [1.82, 2.24) is 16.4 Å². The van der Waals surface area contributed by atoms with Gasteiger partial charge < -0.3 is 82.3 Å². The molecule has 0 aromatic carbocycles. The van der Waals surface area contributed by atoms with Crippen molar-refractivity contribution in [1.29, 1.82) is 0 Å². The molecule has 22 heteroatoms. The minimum absolute atomic E-state index is 0.264. The molecule has 0 saturated carbocycles. The average molecular weight is 743 g/mol. The van der Waals surface area contributed by atoms with Crippen LogP contribution in [-0.2, 0) is 14.5 Å². The summed E-state index contributed by atoms with van der Waals surface area (Å²) in [6.45, 7) is -2.99. The Morgan fingerprint density at radius 3 is 0.840 bits per heavy atom. The number of hydrogen-bond acceptors (Lipinski definition) is 22. The van der Waals surface area contributed by atoms with Crippen molar-refractivity contribution in [2.45, 2.75) is 117 Å². The van der Waals surface area contributed by atoms with E-state index in [9.17, 15) is 61.3 Å². The predicted octanol–water partition coefficient (Wildman–Crippen LogP) is -9.10. The van der Waals surface area contributed by atoms with Crippen molar-refractivity contribution >= 4 is 0 Å². The molecule has 0 rings (SSSR count). The molecule has 0 amide bonds. The topological polar surface area (TPSA) is 393 Å². The van der Waals surface area contributed by atoms with Gasteiger partial charge in [-0.25, -0.2) is 16.4 Å². The van der Waals surface area contributed by atoms with Gasteiger partial charge in [-0.15, -0.1) is 0 Å². The maximum Gasteiger partial charge on any atom is 0.111 e. The third-order valence-corrected chi connectivity index (χ3v) is 7.91. The third-order valence-electron chi connectivity index (χ3n) is 7.91. The Bertz CT molecular complexity index is 718. The fourth-order valence-electron chi connectivity index (χ4n) is 4.55. The second-order valence-electron chi connectivity index (χ2n) is 12.2. The highest BCUT2D eigenvalue weighted by Gasteiger charge is 2.32. The summed E-state index contributed by atoms with van der Waals surface area (Å²) in [7, 11) is 0. The van der Waals surface area contributed by atoms with E-state index in [4.69, 9.17) is 35.6 Å². The maximum absolute atomic E-state index is 9.93. The molecule has 0 aromatic rings. The molecule has 0 heterocycles. The van der Waals surface area contributed by atoms with E-state index in [1.807, 2.05) is 0 Å². The molecule has 0 radical (unpaired) electrons. The largest absolute Gasteiger partial charge is 0.394 e. The van der Waals surface area contributed by atoms with E-state index in [-0.39, 0.29) is 19.6 Å². The fraction of sp³-hybridized carbons (Fsp3) is 1.00. The van der Waals surface area contributed by atoms with E-state index in [0.717, 1.165) is 0 Å². The van der Waals surface area contributed by atoms with Crippen LogP contribution in [0.15, 0.2) is 0 Å². The molecule has 0 aliphatic carbocycles. The summed E-state index contributed by atoms with van der Waals surface area (Å²) < 4.78 is 0. The van der Waals surface area contributed by atoms with E-state index < -0.39 is 118 Å². The van der Waals surface area contributed by atoms with Crippen LogP contribution >= 0.6 is 0 Å². The summed E-state index contributed by atoms with van der Waals surface area (Å²) in [4.78, 5) is 15.3. The van der Waals surface area contributed by atoms with Gasteiger partial charge in [0.05, 0.1) is 39.6 Å². The lowest BCUT2D eigenvalue weighted by atomic mass is 9.85. The Morgan fingerprint density at radius 1 is 0.400 bits per heavy atom. The minimum Gasteiger partial charge on any atom is -0.394 e. The van der Waals surface area contributed by atoms with E-state index in [0.29, 0.717) is 38.5 Å². The Kier molecular flexibility index (Phi) is 27.2. The molecule has 20 N–H and O–H groups in total. The third kappa shape index (κ3) is 19.8. The van der Waals surface area contributed by atoms with Gasteiger partial charge in [-0.2, -0.15) is 0 Å². The van der Waals surface area contributed by atoms with Crippen molar-refractivity contribution in [2.75, 3.05) is 59.3 Å². The zero-order valence-corrected chi connectivity index (χ0v) is 28.0. The second kappa shape index (κ2) is 27.7. The van der Waals surface area contributed by atoms with Crippen LogP contribution in [0.5, 0.6) is 0 Å². The Balaban J connectivity index is 4.79. The smallest absolute Gasteiger partial charge is 0.111 e. The van der Waals surface area contributed by atoms with Crippen LogP contribution < -0.4 is 22.2 Å². The lowest BCUT2D eigenvalue weighted by Crippen LogP contribution is -2.48.